The van der Waals surface area contributed by atoms with E-state index >= 15 is 0 Å². The molecule has 0 atom stereocenters. The molecule has 0 bridgehead atoms. The fourth-order valence-corrected chi connectivity index (χ4v) is 3.48. The van der Waals surface area contributed by atoms with E-state index in [-0.39, 0.29) is 5.75 Å². The molecule has 0 spiro atoms. The van der Waals surface area contributed by atoms with Crippen LogP contribution in [0.1, 0.15) is 17.1 Å². The highest BCUT2D eigenvalue weighted by Crippen LogP contribution is 2.21. The molecule has 0 fully saturated rings. The monoisotopic (exact) mass is 271 g/mol. The van der Waals surface area contributed by atoms with Crippen LogP contribution in [-0.4, -0.2) is 36.1 Å². The summed E-state index contributed by atoms with van der Waals surface area (Å²) in [7, 11) is -2.98. The van der Waals surface area contributed by atoms with E-state index in [1.54, 1.807) is 13.8 Å². The molecule has 5 nitrogen and oxygen atoms in total. The average Bonchev–Trinajstić information content (AvgIpc) is 2.14. The summed E-state index contributed by atoms with van der Waals surface area (Å²) in [5, 5.41) is 9.54. The Balaban J connectivity index is 2.88. The molecule has 1 rings (SSSR count). The SMILES string of the molecule is Cc1nc(C)c(C#N)c(SCCS(C)(=O)=O)n1. The van der Waals surface area contributed by atoms with Crippen molar-refractivity contribution in [1.29, 1.82) is 5.26 Å². The minimum atomic E-state index is -2.98. The van der Waals surface area contributed by atoms with Crippen LogP contribution in [0, 0.1) is 25.2 Å². The molecule has 0 aliphatic rings. The molecule has 0 radical (unpaired) electrons. The van der Waals surface area contributed by atoms with E-state index in [1.165, 1.54) is 18.0 Å². The van der Waals surface area contributed by atoms with Gasteiger partial charge >= 0.3 is 0 Å². The first-order valence-corrected chi connectivity index (χ1v) is 7.94. The fraction of sp³-hybridized carbons (Fsp3) is 0.500. The van der Waals surface area contributed by atoms with Crippen molar-refractivity contribution in [3.05, 3.63) is 17.1 Å². The summed E-state index contributed by atoms with van der Waals surface area (Å²) >= 11 is 1.27. The van der Waals surface area contributed by atoms with Crippen LogP contribution in [0.5, 0.6) is 0 Å². The zero-order valence-corrected chi connectivity index (χ0v) is 11.5. The molecule has 0 N–H and O–H groups in total. The number of aromatic nitrogens is 2. The molecular weight excluding hydrogens is 258 g/mol. The van der Waals surface area contributed by atoms with Crippen molar-refractivity contribution < 1.29 is 8.42 Å². The van der Waals surface area contributed by atoms with Crippen LogP contribution in [0.4, 0.5) is 0 Å². The van der Waals surface area contributed by atoms with Crippen molar-refractivity contribution in [1.82, 2.24) is 9.97 Å². The Bertz CT molecular complexity index is 562. The van der Waals surface area contributed by atoms with Crippen molar-refractivity contribution in [2.24, 2.45) is 0 Å². The smallest absolute Gasteiger partial charge is 0.148 e. The van der Waals surface area contributed by atoms with Gasteiger partial charge in [-0.05, 0) is 13.8 Å². The molecular formula is C10H13N3O2S2. The number of aryl methyl sites for hydroxylation is 2. The fourth-order valence-electron chi connectivity index (χ4n) is 1.20. The summed E-state index contributed by atoms with van der Waals surface area (Å²) in [6.07, 6.45) is 1.19. The third-order valence-corrected chi connectivity index (χ3v) is 4.15. The minimum Gasteiger partial charge on any atom is -0.237 e. The van der Waals surface area contributed by atoms with Crippen molar-refractivity contribution in [3.8, 4) is 6.07 Å². The van der Waals surface area contributed by atoms with Gasteiger partial charge in [0.15, 0.2) is 0 Å². The summed E-state index contributed by atoms with van der Waals surface area (Å²) in [6, 6.07) is 2.04. The molecule has 92 valence electrons. The summed E-state index contributed by atoms with van der Waals surface area (Å²) in [5.74, 6) is 1.05. The van der Waals surface area contributed by atoms with Crippen LogP contribution in [0.25, 0.3) is 0 Å². The maximum absolute atomic E-state index is 11.0. The van der Waals surface area contributed by atoms with Gasteiger partial charge in [0.1, 0.15) is 32.3 Å². The predicted molar refractivity (Wildman–Crippen MR) is 66.7 cm³/mol. The lowest BCUT2D eigenvalue weighted by atomic mass is 10.3. The van der Waals surface area contributed by atoms with Crippen LogP contribution >= 0.6 is 11.8 Å². The number of nitrogens with zero attached hydrogens (tertiary/aromatic N) is 3. The Hall–Kier alpha value is -1.13. The Morgan fingerprint density at radius 3 is 2.53 bits per heavy atom. The largest absolute Gasteiger partial charge is 0.237 e. The second kappa shape index (κ2) is 5.47. The Kier molecular flexibility index (Phi) is 4.48. The molecule has 0 saturated heterocycles. The van der Waals surface area contributed by atoms with Crippen molar-refractivity contribution in [3.63, 3.8) is 0 Å². The highest BCUT2D eigenvalue weighted by Gasteiger charge is 2.11. The van der Waals surface area contributed by atoms with Gasteiger partial charge < -0.3 is 0 Å². The van der Waals surface area contributed by atoms with Crippen molar-refractivity contribution >= 4 is 21.6 Å². The molecule has 0 amide bonds. The van der Waals surface area contributed by atoms with E-state index < -0.39 is 9.84 Å². The molecule has 17 heavy (non-hydrogen) atoms. The molecule has 0 saturated carbocycles. The highest BCUT2D eigenvalue weighted by molar-refractivity contribution is 8.00. The maximum atomic E-state index is 11.0. The molecule has 0 aliphatic heterocycles. The van der Waals surface area contributed by atoms with Crippen LogP contribution in [0.15, 0.2) is 5.03 Å². The lowest BCUT2D eigenvalue weighted by Crippen LogP contribution is -2.06. The van der Waals surface area contributed by atoms with Crippen molar-refractivity contribution in [2.45, 2.75) is 18.9 Å². The first-order chi connectivity index (χ1) is 7.83. The molecule has 0 aliphatic carbocycles. The molecule has 1 aromatic heterocycles. The number of sulfone groups is 1. The summed E-state index contributed by atoms with van der Waals surface area (Å²) in [4.78, 5) is 8.26. The predicted octanol–water partition coefficient (Wildman–Crippen LogP) is 1.10. The van der Waals surface area contributed by atoms with Gasteiger partial charge in [-0.15, -0.1) is 11.8 Å². The number of hydrogen-bond donors (Lipinski definition) is 0. The second-order valence-corrected chi connectivity index (χ2v) is 6.97. The number of thioether (sulfide) groups is 1. The van der Waals surface area contributed by atoms with Crippen molar-refractivity contribution in [2.75, 3.05) is 17.8 Å². The second-order valence-electron chi connectivity index (χ2n) is 3.63. The topological polar surface area (TPSA) is 83.7 Å². The van der Waals surface area contributed by atoms with E-state index in [2.05, 4.69) is 9.97 Å². The number of hydrogen-bond acceptors (Lipinski definition) is 6. The summed E-state index contributed by atoms with van der Waals surface area (Å²) in [5.41, 5.74) is 1.05. The van der Waals surface area contributed by atoms with Crippen LogP contribution in [0.2, 0.25) is 0 Å². The van der Waals surface area contributed by atoms with Gasteiger partial charge in [0, 0.05) is 12.0 Å². The van der Waals surface area contributed by atoms with Gasteiger partial charge in [0.2, 0.25) is 0 Å². The quantitative estimate of drug-likeness (QED) is 0.602. The van der Waals surface area contributed by atoms with Crippen LogP contribution in [0.3, 0.4) is 0 Å². The van der Waals surface area contributed by atoms with Gasteiger partial charge in [0.25, 0.3) is 0 Å². The van der Waals surface area contributed by atoms with Crippen LogP contribution in [-0.2, 0) is 9.84 Å². The standard InChI is InChI=1S/C10H13N3O2S2/c1-7-9(6-11)10(13-8(2)12-7)16-4-5-17(3,14)15/h4-5H2,1-3H3. The first-order valence-electron chi connectivity index (χ1n) is 4.89. The molecule has 1 aromatic rings. The zero-order valence-electron chi connectivity index (χ0n) is 9.89. The molecule has 1 heterocycles. The van der Waals surface area contributed by atoms with E-state index in [0.29, 0.717) is 27.9 Å². The Labute approximate surface area is 105 Å². The normalized spacial score (nSPS) is 11.2. The van der Waals surface area contributed by atoms with Gasteiger partial charge in [-0.1, -0.05) is 0 Å². The minimum absolute atomic E-state index is 0.0740. The van der Waals surface area contributed by atoms with Gasteiger partial charge in [-0.2, -0.15) is 5.26 Å². The van der Waals surface area contributed by atoms with E-state index in [0.717, 1.165) is 0 Å². The molecule has 7 heteroatoms. The number of rotatable bonds is 4. The van der Waals surface area contributed by atoms with Crippen LogP contribution < -0.4 is 0 Å². The lowest BCUT2D eigenvalue weighted by Gasteiger charge is -2.05. The highest BCUT2D eigenvalue weighted by atomic mass is 32.2. The van der Waals surface area contributed by atoms with E-state index in [1.807, 2.05) is 6.07 Å². The van der Waals surface area contributed by atoms with Gasteiger partial charge in [0.05, 0.1) is 11.4 Å². The first kappa shape index (κ1) is 13.9. The summed E-state index contributed by atoms with van der Waals surface area (Å²) in [6.45, 7) is 3.49. The maximum Gasteiger partial charge on any atom is 0.148 e. The van der Waals surface area contributed by atoms with E-state index in [4.69, 9.17) is 5.26 Å². The zero-order chi connectivity index (χ0) is 13.1. The third-order valence-electron chi connectivity index (χ3n) is 1.97. The molecule has 0 unspecified atom stereocenters. The summed E-state index contributed by atoms with van der Waals surface area (Å²) < 4.78 is 22.0. The molecule has 0 aromatic carbocycles. The van der Waals surface area contributed by atoms with Gasteiger partial charge in [-0.3, -0.25) is 0 Å². The average molecular weight is 271 g/mol. The van der Waals surface area contributed by atoms with E-state index in [9.17, 15) is 8.42 Å². The number of nitriles is 1. The Morgan fingerprint density at radius 2 is 2.00 bits per heavy atom. The van der Waals surface area contributed by atoms with Gasteiger partial charge in [-0.25, -0.2) is 18.4 Å². The Morgan fingerprint density at radius 1 is 1.35 bits per heavy atom. The third kappa shape index (κ3) is 4.32. The lowest BCUT2D eigenvalue weighted by molar-refractivity contribution is 0.603.